The summed E-state index contributed by atoms with van der Waals surface area (Å²) in [6.45, 7) is 4.63. The molecule has 0 aliphatic carbocycles. The van der Waals surface area contributed by atoms with Gasteiger partial charge in [-0.3, -0.25) is 4.79 Å². The molecular formula is C45H60O28. The number of ether oxygens (including phenoxy) is 10. The summed E-state index contributed by atoms with van der Waals surface area (Å²) in [5.41, 5.74) is -1.87. The summed E-state index contributed by atoms with van der Waals surface area (Å²) in [6.07, 6.45) is -42.8. The van der Waals surface area contributed by atoms with Gasteiger partial charge in [-0.15, -0.1) is 0 Å². The van der Waals surface area contributed by atoms with Gasteiger partial charge in [-0.25, -0.2) is 0 Å². The second-order valence-electron chi connectivity index (χ2n) is 18.6. The minimum absolute atomic E-state index is 0.202. The zero-order chi connectivity index (χ0) is 53.2. The predicted octanol–water partition coefficient (Wildman–Crippen LogP) is -5.48. The average molecular weight is 1050 g/mol. The molecule has 2 aromatic carbocycles. The highest BCUT2D eigenvalue weighted by atomic mass is 16.8. The van der Waals surface area contributed by atoms with Crippen molar-refractivity contribution in [3.63, 3.8) is 0 Å². The number of phenolic OH excluding ortho intramolecular Hbond substituents is 3. The number of aromatic hydroxyl groups is 3. The van der Waals surface area contributed by atoms with Crippen LogP contribution in [0.3, 0.4) is 0 Å². The van der Waals surface area contributed by atoms with Gasteiger partial charge in [-0.2, -0.15) is 0 Å². The van der Waals surface area contributed by atoms with E-state index in [1.807, 2.05) is 0 Å². The second kappa shape index (κ2) is 21.8. The number of aliphatic hydroxyl groups is 13. The molecule has 25 unspecified atom stereocenters. The van der Waals surface area contributed by atoms with Gasteiger partial charge in [-0.1, -0.05) is 0 Å². The molecule has 28 nitrogen and oxygen atoms in total. The highest BCUT2D eigenvalue weighted by molar-refractivity contribution is 5.88. The molecule has 0 amide bonds. The lowest BCUT2D eigenvalue weighted by atomic mass is 9.96. The molecule has 5 aliphatic heterocycles. The summed E-state index contributed by atoms with van der Waals surface area (Å²) in [4.78, 5) is 14.8. The highest BCUT2D eigenvalue weighted by Crippen LogP contribution is 2.41. The second-order valence-corrected chi connectivity index (χ2v) is 18.6. The average Bonchev–Trinajstić information content (AvgIpc) is 3.35. The first-order chi connectivity index (χ1) is 34.4. The third-order valence-corrected chi connectivity index (χ3v) is 13.5. The predicted molar refractivity (Wildman–Crippen MR) is 234 cm³/mol. The fourth-order valence-electron chi connectivity index (χ4n) is 8.98. The molecule has 16 N–H and O–H groups in total. The molecule has 0 saturated carbocycles. The first-order valence-electron chi connectivity index (χ1n) is 23.1. The Hall–Kier alpha value is -4.19. The van der Waals surface area contributed by atoms with Gasteiger partial charge in [0.1, 0.15) is 114 Å². The van der Waals surface area contributed by atoms with E-state index in [1.54, 1.807) is 0 Å². The van der Waals surface area contributed by atoms with E-state index in [1.165, 1.54) is 27.7 Å². The van der Waals surface area contributed by atoms with E-state index in [2.05, 4.69) is 0 Å². The van der Waals surface area contributed by atoms with Gasteiger partial charge in [0.2, 0.25) is 23.8 Å². The van der Waals surface area contributed by atoms with Crippen LogP contribution in [0.1, 0.15) is 27.7 Å². The molecule has 28 heteroatoms. The van der Waals surface area contributed by atoms with Crippen LogP contribution < -0.4 is 14.9 Å². The maximum atomic E-state index is 14.8. The van der Waals surface area contributed by atoms with Crippen LogP contribution in [0.2, 0.25) is 0 Å². The van der Waals surface area contributed by atoms with Crippen molar-refractivity contribution < 1.29 is 133 Å². The van der Waals surface area contributed by atoms with E-state index in [0.717, 1.165) is 30.3 Å². The van der Waals surface area contributed by atoms with Crippen molar-refractivity contribution in [2.45, 2.75) is 181 Å². The normalized spacial score (nSPS) is 43.4. The monoisotopic (exact) mass is 1050 g/mol. The van der Waals surface area contributed by atoms with Gasteiger partial charge in [0.05, 0.1) is 31.0 Å². The van der Waals surface area contributed by atoms with Crippen LogP contribution in [0, 0.1) is 0 Å². The van der Waals surface area contributed by atoms with Gasteiger partial charge in [0, 0.05) is 17.7 Å². The molecule has 0 spiro atoms. The van der Waals surface area contributed by atoms with Crippen LogP contribution >= 0.6 is 0 Å². The zero-order valence-electron chi connectivity index (χ0n) is 39.1. The molecule has 8 rings (SSSR count). The van der Waals surface area contributed by atoms with E-state index in [4.69, 9.17) is 51.8 Å². The lowest BCUT2D eigenvalue weighted by Gasteiger charge is -2.48. The smallest absolute Gasteiger partial charge is 0.239 e. The Bertz CT molecular complexity index is 2440. The van der Waals surface area contributed by atoms with E-state index in [9.17, 15) is 86.5 Å². The lowest BCUT2D eigenvalue weighted by molar-refractivity contribution is -0.378. The fourth-order valence-corrected chi connectivity index (χ4v) is 8.98. The van der Waals surface area contributed by atoms with Crippen molar-refractivity contribution in [1.29, 1.82) is 0 Å². The third-order valence-electron chi connectivity index (χ3n) is 13.5. The summed E-state index contributed by atoms with van der Waals surface area (Å²) in [5, 5.41) is 171. The van der Waals surface area contributed by atoms with Crippen molar-refractivity contribution in [3.05, 3.63) is 40.6 Å². The Balaban J connectivity index is 1.17. The number of phenols is 3. The minimum atomic E-state index is -2.20. The Morgan fingerprint density at radius 1 is 0.466 bits per heavy atom. The third kappa shape index (κ3) is 10.7. The number of benzene rings is 2. The van der Waals surface area contributed by atoms with Crippen LogP contribution in [0.4, 0.5) is 0 Å². The quantitative estimate of drug-likeness (QED) is 0.0753. The Kier molecular flexibility index (Phi) is 16.4. The summed E-state index contributed by atoms with van der Waals surface area (Å²) in [7, 11) is 0. The van der Waals surface area contributed by atoms with Crippen molar-refractivity contribution >= 4 is 11.0 Å². The van der Waals surface area contributed by atoms with Crippen LogP contribution in [0.25, 0.3) is 22.3 Å². The van der Waals surface area contributed by atoms with E-state index >= 15 is 0 Å². The summed E-state index contributed by atoms with van der Waals surface area (Å²) in [6, 6.07) is 5.06. The first-order valence-corrected chi connectivity index (χ1v) is 23.1. The summed E-state index contributed by atoms with van der Waals surface area (Å²) >= 11 is 0. The van der Waals surface area contributed by atoms with Crippen molar-refractivity contribution in [2.75, 3.05) is 6.61 Å². The molecule has 5 aliphatic rings. The molecule has 0 radical (unpaired) electrons. The van der Waals surface area contributed by atoms with E-state index in [-0.39, 0.29) is 11.3 Å². The van der Waals surface area contributed by atoms with Crippen LogP contribution in [-0.2, 0) is 37.9 Å². The Morgan fingerprint density at radius 2 is 0.986 bits per heavy atom. The zero-order valence-corrected chi connectivity index (χ0v) is 39.1. The number of aliphatic hydroxyl groups excluding tert-OH is 13. The van der Waals surface area contributed by atoms with Crippen molar-refractivity contribution in [1.82, 2.24) is 0 Å². The Labute approximate surface area is 412 Å². The van der Waals surface area contributed by atoms with E-state index in [0.29, 0.717) is 0 Å². The topological polar surface area (TPSA) is 446 Å². The first kappa shape index (κ1) is 55.1. The van der Waals surface area contributed by atoms with Gasteiger partial charge in [0.15, 0.2) is 42.2 Å². The Morgan fingerprint density at radius 3 is 1.59 bits per heavy atom. The molecule has 0 bridgehead atoms. The molecule has 73 heavy (non-hydrogen) atoms. The van der Waals surface area contributed by atoms with Gasteiger partial charge < -0.3 is 133 Å². The van der Waals surface area contributed by atoms with Crippen LogP contribution in [0.15, 0.2) is 39.5 Å². The minimum Gasteiger partial charge on any atom is -0.507 e. The largest absolute Gasteiger partial charge is 0.507 e. The fraction of sp³-hybridized carbons (Fsp3) is 0.667. The molecule has 3 aromatic rings. The summed E-state index contributed by atoms with van der Waals surface area (Å²) < 4.78 is 63.8. The molecular weight excluding hydrogens is 988 g/mol. The highest BCUT2D eigenvalue weighted by Gasteiger charge is 2.54. The maximum Gasteiger partial charge on any atom is 0.239 e. The van der Waals surface area contributed by atoms with Crippen LogP contribution in [0.5, 0.6) is 28.7 Å². The van der Waals surface area contributed by atoms with Crippen molar-refractivity contribution in [3.8, 4) is 40.1 Å². The number of hydrogen-bond donors (Lipinski definition) is 16. The van der Waals surface area contributed by atoms with Gasteiger partial charge >= 0.3 is 0 Å². The molecule has 6 heterocycles. The summed E-state index contributed by atoms with van der Waals surface area (Å²) in [5.74, 6) is -3.99. The number of hydrogen-bond acceptors (Lipinski definition) is 28. The van der Waals surface area contributed by atoms with E-state index < -0.39 is 205 Å². The number of fused-ring (bicyclic) bond motifs is 1. The molecule has 5 saturated heterocycles. The lowest BCUT2D eigenvalue weighted by Crippen LogP contribution is -2.66. The molecule has 1 aromatic heterocycles. The SMILES string of the molecule is CC1OC(OCC2OC(Oc3c(-c4ccc(O)c(O)c4)oc4cc(OC5OC(C)C(O)C(O)C5O)cc(O)c4c3=O)C(OC3OC(C)C(O)C(OC4OC(C)C(O)C(O)C4O)C3O)C(O)C2O)C(O)C(O)C1O. The molecule has 25 atom stereocenters. The van der Waals surface area contributed by atoms with Gasteiger partial charge in [0.25, 0.3) is 0 Å². The van der Waals surface area contributed by atoms with Gasteiger partial charge in [-0.05, 0) is 45.9 Å². The van der Waals surface area contributed by atoms with Crippen molar-refractivity contribution in [2.24, 2.45) is 0 Å². The standard InChI is InChI=1S/C45H60O28/c1-11-23(49)29(55)33(59)41(64-11)63-10-21-27(53)32(58)40(73-44-36(62)38(26(52)14(4)67-44)71-43-35(61)31(57)25(51)13(3)66-43)45(70-21)72-39-28(54)22-19(48)8-16(68-42-34(60)30(56)24(50)12(2)65-42)9-20(22)69-37(39)15-5-6-17(46)18(47)7-15/h5-9,11-14,21,23-27,29-36,38,40-53,55-62H,10H2,1-4H3. The molecule has 408 valence electrons. The molecule has 5 fully saturated rings. The number of rotatable bonds is 12. The van der Waals surface area contributed by atoms with Crippen LogP contribution in [-0.4, -0.2) is 242 Å². The maximum absolute atomic E-state index is 14.8.